The molecule has 0 amide bonds. The topological polar surface area (TPSA) is 39.6 Å². The Labute approximate surface area is 116 Å². The average Bonchev–Trinajstić information content (AvgIpc) is 2.70. The highest BCUT2D eigenvalue weighted by Gasteiger charge is 2.36. The van der Waals surface area contributed by atoms with Crippen molar-refractivity contribution in [3.8, 4) is 17.2 Å². The summed E-state index contributed by atoms with van der Waals surface area (Å²) in [6, 6.07) is 5.76. The van der Waals surface area contributed by atoms with Gasteiger partial charge in [-0.25, -0.2) is 0 Å². The number of rotatable bonds is 1. The average molecular weight is 305 g/mol. The van der Waals surface area contributed by atoms with E-state index in [9.17, 15) is 13.2 Å². The molecule has 19 heavy (non-hydrogen) atoms. The molecule has 0 aliphatic rings. The molecule has 1 N–H and O–H groups in total. The lowest BCUT2D eigenvalue weighted by Gasteiger charge is -2.09. The minimum absolute atomic E-state index is 0.120. The Morgan fingerprint density at radius 3 is 2.16 bits per heavy atom. The lowest BCUT2D eigenvalue weighted by atomic mass is 10.0. The van der Waals surface area contributed by atoms with Gasteiger partial charge in [-0.2, -0.15) is 18.4 Å². The number of H-pyrrole nitrogens is 1. The van der Waals surface area contributed by atoms with Crippen molar-refractivity contribution in [1.82, 2.24) is 4.98 Å². The second-order valence-electron chi connectivity index (χ2n) is 3.72. The molecule has 0 unspecified atom stereocenters. The second kappa shape index (κ2) is 4.80. The van der Waals surface area contributed by atoms with Gasteiger partial charge in [-0.3, -0.25) is 0 Å². The summed E-state index contributed by atoms with van der Waals surface area (Å²) in [6.07, 6.45) is -3.59. The Bertz CT molecular complexity index is 648. The highest BCUT2D eigenvalue weighted by atomic mass is 35.5. The molecule has 98 valence electrons. The van der Waals surface area contributed by atoms with Gasteiger partial charge in [0.25, 0.3) is 0 Å². The molecule has 7 heteroatoms. The lowest BCUT2D eigenvalue weighted by Crippen LogP contribution is -2.07. The summed E-state index contributed by atoms with van der Waals surface area (Å²) in [5.74, 6) is 0. The highest BCUT2D eigenvalue weighted by molar-refractivity contribution is 6.35. The molecule has 2 nitrogen and oxygen atoms in total. The first-order valence-corrected chi connectivity index (χ1v) is 5.73. The Balaban J connectivity index is 2.73. The van der Waals surface area contributed by atoms with E-state index in [-0.39, 0.29) is 26.7 Å². The number of nitriles is 1. The first-order chi connectivity index (χ1) is 8.82. The van der Waals surface area contributed by atoms with Gasteiger partial charge in [-0.15, -0.1) is 0 Å². The summed E-state index contributed by atoms with van der Waals surface area (Å²) in [6.45, 7) is 0. The molecule has 1 aromatic heterocycles. The van der Waals surface area contributed by atoms with Crippen LogP contribution < -0.4 is 0 Å². The lowest BCUT2D eigenvalue weighted by molar-refractivity contribution is -0.140. The van der Waals surface area contributed by atoms with Gasteiger partial charge in [0.2, 0.25) is 0 Å². The van der Waals surface area contributed by atoms with E-state index in [0.717, 1.165) is 6.20 Å². The van der Waals surface area contributed by atoms with Crippen molar-refractivity contribution in [2.24, 2.45) is 0 Å². The Kier molecular flexibility index (Phi) is 3.48. The van der Waals surface area contributed by atoms with E-state index in [4.69, 9.17) is 28.5 Å². The summed E-state index contributed by atoms with van der Waals surface area (Å²) in [5.41, 5.74) is -1.23. The van der Waals surface area contributed by atoms with Gasteiger partial charge in [0, 0.05) is 21.8 Å². The first-order valence-electron chi connectivity index (χ1n) is 4.98. The summed E-state index contributed by atoms with van der Waals surface area (Å²) >= 11 is 11.5. The number of hydrogen-bond acceptors (Lipinski definition) is 1. The van der Waals surface area contributed by atoms with E-state index in [2.05, 4.69) is 4.98 Å². The number of halogens is 5. The van der Waals surface area contributed by atoms with E-state index >= 15 is 0 Å². The van der Waals surface area contributed by atoms with Crippen LogP contribution in [0.1, 0.15) is 11.3 Å². The van der Waals surface area contributed by atoms with Gasteiger partial charge in [0.1, 0.15) is 11.8 Å². The molecule has 1 aromatic carbocycles. The number of nitrogens with one attached hydrogen (secondary N) is 1. The molecular weight excluding hydrogens is 300 g/mol. The molecule has 1 heterocycles. The first kappa shape index (κ1) is 13.8. The van der Waals surface area contributed by atoms with Crippen molar-refractivity contribution in [2.45, 2.75) is 6.18 Å². The molecule has 2 aromatic rings. The molecule has 0 fully saturated rings. The van der Waals surface area contributed by atoms with Crippen molar-refractivity contribution >= 4 is 23.2 Å². The fourth-order valence-electron chi connectivity index (χ4n) is 1.73. The molecule has 0 bridgehead atoms. The van der Waals surface area contributed by atoms with Crippen LogP contribution in [0.25, 0.3) is 11.1 Å². The van der Waals surface area contributed by atoms with Crippen molar-refractivity contribution in [1.29, 1.82) is 5.26 Å². The fourth-order valence-corrected chi connectivity index (χ4v) is 2.26. The summed E-state index contributed by atoms with van der Waals surface area (Å²) in [7, 11) is 0. The van der Waals surface area contributed by atoms with Crippen LogP contribution in [-0.2, 0) is 6.18 Å². The van der Waals surface area contributed by atoms with Gasteiger partial charge >= 0.3 is 6.18 Å². The zero-order valence-corrected chi connectivity index (χ0v) is 10.7. The number of alkyl halides is 3. The van der Waals surface area contributed by atoms with Gasteiger partial charge in [-0.1, -0.05) is 23.2 Å². The van der Waals surface area contributed by atoms with Crippen LogP contribution in [0.4, 0.5) is 13.2 Å². The van der Waals surface area contributed by atoms with Crippen molar-refractivity contribution in [3.05, 3.63) is 45.7 Å². The third kappa shape index (κ3) is 2.70. The van der Waals surface area contributed by atoms with Crippen molar-refractivity contribution in [3.63, 3.8) is 0 Å². The molecule has 0 aliphatic carbocycles. The summed E-state index contributed by atoms with van der Waals surface area (Å²) in [5, 5.41) is 9.28. The van der Waals surface area contributed by atoms with Crippen LogP contribution in [0.2, 0.25) is 10.0 Å². The van der Waals surface area contributed by atoms with E-state index in [1.807, 2.05) is 0 Å². The van der Waals surface area contributed by atoms with Gasteiger partial charge in [-0.05, 0) is 23.8 Å². The molecule has 0 radical (unpaired) electrons. The summed E-state index contributed by atoms with van der Waals surface area (Å²) in [4.78, 5) is 2.07. The van der Waals surface area contributed by atoms with Crippen LogP contribution in [-0.4, -0.2) is 4.98 Å². The number of aromatic nitrogens is 1. The van der Waals surface area contributed by atoms with Crippen molar-refractivity contribution in [2.75, 3.05) is 0 Å². The zero-order valence-electron chi connectivity index (χ0n) is 9.15. The molecule has 0 saturated heterocycles. The standard InChI is InChI=1S/C12H5Cl2F3N2/c13-8-1-6(2-9(14)3-8)10-7(4-18)5-19-11(10)12(15,16)17/h1-3,5,19H. The molecule has 0 aliphatic heterocycles. The second-order valence-corrected chi connectivity index (χ2v) is 4.59. The van der Waals surface area contributed by atoms with E-state index in [1.54, 1.807) is 6.07 Å². The molecule has 2 rings (SSSR count). The third-order valence-corrected chi connectivity index (χ3v) is 2.87. The number of hydrogen-bond donors (Lipinski definition) is 1. The maximum absolute atomic E-state index is 12.9. The largest absolute Gasteiger partial charge is 0.431 e. The maximum Gasteiger partial charge on any atom is 0.431 e. The smallest absolute Gasteiger partial charge is 0.356 e. The third-order valence-electron chi connectivity index (χ3n) is 2.44. The van der Waals surface area contributed by atoms with E-state index in [1.165, 1.54) is 18.2 Å². The van der Waals surface area contributed by atoms with Gasteiger partial charge < -0.3 is 4.98 Å². The molecule has 0 saturated carbocycles. The van der Waals surface area contributed by atoms with Gasteiger partial charge in [0.15, 0.2) is 0 Å². The SMILES string of the molecule is N#Cc1c[nH]c(C(F)(F)F)c1-c1cc(Cl)cc(Cl)c1. The molecular formula is C12H5Cl2F3N2. The maximum atomic E-state index is 12.9. The molecule has 0 spiro atoms. The Morgan fingerprint density at radius 1 is 1.11 bits per heavy atom. The summed E-state index contributed by atoms with van der Waals surface area (Å²) < 4.78 is 38.6. The van der Waals surface area contributed by atoms with Crippen LogP contribution >= 0.6 is 23.2 Å². The van der Waals surface area contributed by atoms with Crippen LogP contribution in [0.3, 0.4) is 0 Å². The monoisotopic (exact) mass is 304 g/mol. The van der Waals surface area contributed by atoms with E-state index in [0.29, 0.717) is 0 Å². The predicted octanol–water partition coefficient (Wildman–Crippen LogP) is 4.88. The van der Waals surface area contributed by atoms with Crippen LogP contribution in [0.15, 0.2) is 24.4 Å². The predicted molar refractivity (Wildman–Crippen MR) is 66.0 cm³/mol. The normalized spacial score (nSPS) is 11.4. The number of benzene rings is 1. The van der Waals surface area contributed by atoms with Crippen molar-refractivity contribution < 1.29 is 13.2 Å². The number of nitrogens with zero attached hydrogens (tertiary/aromatic N) is 1. The van der Waals surface area contributed by atoms with Crippen LogP contribution in [0.5, 0.6) is 0 Å². The minimum Gasteiger partial charge on any atom is -0.356 e. The minimum atomic E-state index is -4.60. The van der Waals surface area contributed by atoms with E-state index < -0.39 is 11.9 Å². The quantitative estimate of drug-likeness (QED) is 0.801. The Hall–Kier alpha value is -1.64. The fraction of sp³-hybridized carbons (Fsp3) is 0.0833. The Morgan fingerprint density at radius 2 is 1.68 bits per heavy atom. The zero-order chi connectivity index (χ0) is 14.2. The highest BCUT2D eigenvalue weighted by Crippen LogP contribution is 2.39. The van der Waals surface area contributed by atoms with Crippen LogP contribution in [0, 0.1) is 11.3 Å². The molecule has 0 atom stereocenters. The number of aromatic amines is 1. The van der Waals surface area contributed by atoms with Gasteiger partial charge in [0.05, 0.1) is 5.56 Å².